The Kier molecular flexibility index (Phi) is 20.9. The third-order valence-corrected chi connectivity index (χ3v) is 5.89. The van der Waals surface area contributed by atoms with Gasteiger partial charge in [0.25, 0.3) is 0 Å². The zero-order chi connectivity index (χ0) is 22.5. The molecular formula is C23H49O6P. The fourth-order valence-electron chi connectivity index (χ4n) is 3.49. The Morgan fingerprint density at radius 3 is 1.73 bits per heavy atom. The first-order chi connectivity index (χ1) is 14.4. The third-order valence-electron chi connectivity index (χ3n) is 5.37. The van der Waals surface area contributed by atoms with Gasteiger partial charge in [0.2, 0.25) is 0 Å². The van der Waals surface area contributed by atoms with Crippen molar-refractivity contribution in [1.29, 1.82) is 0 Å². The molecule has 0 bridgehead atoms. The molecule has 0 heterocycles. The van der Waals surface area contributed by atoms with Crippen LogP contribution in [0.2, 0.25) is 0 Å². The number of phosphoric ester groups is 1. The highest BCUT2D eigenvalue weighted by Gasteiger charge is 2.19. The molecule has 0 aliphatic carbocycles. The van der Waals surface area contributed by atoms with E-state index in [-0.39, 0.29) is 18.8 Å². The Labute approximate surface area is 185 Å². The second kappa shape index (κ2) is 20.9. The van der Waals surface area contributed by atoms with Gasteiger partial charge in [0.05, 0.1) is 18.8 Å². The predicted molar refractivity (Wildman–Crippen MR) is 124 cm³/mol. The molecule has 0 spiro atoms. The quantitative estimate of drug-likeness (QED) is 0.131. The first kappa shape index (κ1) is 30.0. The number of phosphoric acid groups is 1. The Balaban J connectivity index is 4.05. The molecule has 0 aromatic carbocycles. The highest BCUT2D eigenvalue weighted by atomic mass is 31.2. The van der Waals surface area contributed by atoms with Gasteiger partial charge in [-0.2, -0.15) is 0 Å². The summed E-state index contributed by atoms with van der Waals surface area (Å²) in [7, 11) is -4.39. The number of hydrogen-bond donors (Lipinski definition) is 2. The molecule has 0 fully saturated rings. The van der Waals surface area contributed by atoms with Gasteiger partial charge in [-0.15, -0.1) is 0 Å². The van der Waals surface area contributed by atoms with Gasteiger partial charge >= 0.3 is 7.82 Å². The van der Waals surface area contributed by atoms with E-state index in [1.807, 2.05) is 6.92 Å². The lowest BCUT2D eigenvalue weighted by Gasteiger charge is -2.25. The normalized spacial score (nSPS) is 14.2. The molecule has 7 heteroatoms. The van der Waals surface area contributed by atoms with Crippen molar-refractivity contribution in [2.75, 3.05) is 19.8 Å². The average Bonchev–Trinajstić information content (AvgIpc) is 2.69. The van der Waals surface area contributed by atoms with Gasteiger partial charge < -0.3 is 19.3 Å². The molecule has 0 aromatic heterocycles. The Morgan fingerprint density at radius 2 is 1.17 bits per heavy atom. The molecule has 0 saturated heterocycles. The minimum absolute atomic E-state index is 0.00219. The van der Waals surface area contributed by atoms with Gasteiger partial charge in [-0.3, -0.25) is 4.52 Å². The molecular weight excluding hydrogens is 403 g/mol. The van der Waals surface area contributed by atoms with Crippen LogP contribution in [0.5, 0.6) is 0 Å². The number of hydrogen-bond acceptors (Lipinski definition) is 4. The summed E-state index contributed by atoms with van der Waals surface area (Å²) in [4.78, 5) is 17.4. The molecule has 0 saturated carbocycles. The molecule has 182 valence electrons. The fourth-order valence-corrected chi connectivity index (χ4v) is 3.86. The van der Waals surface area contributed by atoms with Crippen molar-refractivity contribution in [2.45, 2.75) is 129 Å². The second-order valence-corrected chi connectivity index (χ2v) is 9.58. The molecule has 2 unspecified atom stereocenters. The molecule has 0 amide bonds. The van der Waals surface area contributed by atoms with E-state index in [1.165, 1.54) is 70.6 Å². The van der Waals surface area contributed by atoms with Gasteiger partial charge in [0.15, 0.2) is 0 Å². The van der Waals surface area contributed by atoms with E-state index in [4.69, 9.17) is 19.3 Å². The molecule has 0 aliphatic heterocycles. The number of ether oxygens (including phenoxy) is 2. The van der Waals surface area contributed by atoms with E-state index in [0.29, 0.717) is 13.0 Å². The summed E-state index contributed by atoms with van der Waals surface area (Å²) in [5.74, 6) is 0. The average molecular weight is 453 g/mol. The first-order valence-electron chi connectivity index (χ1n) is 12.3. The zero-order valence-corrected chi connectivity index (χ0v) is 20.8. The molecule has 2 N–H and O–H groups in total. The van der Waals surface area contributed by atoms with E-state index in [1.54, 1.807) is 0 Å². The lowest BCUT2D eigenvalue weighted by Crippen LogP contribution is -2.30. The van der Waals surface area contributed by atoms with Crippen LogP contribution in [0.3, 0.4) is 0 Å². The smallest absolute Gasteiger partial charge is 0.376 e. The highest BCUT2D eigenvalue weighted by molar-refractivity contribution is 7.46. The summed E-state index contributed by atoms with van der Waals surface area (Å²) >= 11 is 0. The Morgan fingerprint density at radius 1 is 0.667 bits per heavy atom. The van der Waals surface area contributed by atoms with Crippen LogP contribution in [0.4, 0.5) is 0 Å². The van der Waals surface area contributed by atoms with E-state index < -0.39 is 7.82 Å². The van der Waals surface area contributed by atoms with Crippen LogP contribution in [0.25, 0.3) is 0 Å². The molecule has 0 aromatic rings. The summed E-state index contributed by atoms with van der Waals surface area (Å²) < 4.78 is 27.2. The van der Waals surface area contributed by atoms with Crippen molar-refractivity contribution in [2.24, 2.45) is 0 Å². The molecule has 0 rings (SSSR count). The summed E-state index contributed by atoms with van der Waals surface area (Å²) in [6.45, 7) is 7.70. The molecule has 2 atom stereocenters. The fraction of sp³-hybridized carbons (Fsp3) is 1.00. The Hall–Kier alpha value is 0.0300. The van der Waals surface area contributed by atoms with Gasteiger partial charge in [0, 0.05) is 13.2 Å². The maximum absolute atomic E-state index is 10.7. The van der Waals surface area contributed by atoms with Gasteiger partial charge in [0.1, 0.15) is 0 Å². The summed E-state index contributed by atoms with van der Waals surface area (Å²) in [6.07, 6.45) is 18.0. The van der Waals surface area contributed by atoms with Crippen molar-refractivity contribution < 1.29 is 28.3 Å². The first-order valence-corrected chi connectivity index (χ1v) is 13.9. The van der Waals surface area contributed by atoms with Gasteiger partial charge in [-0.25, -0.2) is 4.57 Å². The van der Waals surface area contributed by atoms with Crippen molar-refractivity contribution in [3.8, 4) is 0 Å². The van der Waals surface area contributed by atoms with Crippen LogP contribution < -0.4 is 0 Å². The van der Waals surface area contributed by atoms with Crippen molar-refractivity contribution in [3.05, 3.63) is 0 Å². The maximum atomic E-state index is 10.7. The minimum Gasteiger partial charge on any atom is -0.376 e. The minimum atomic E-state index is -4.39. The van der Waals surface area contributed by atoms with Gasteiger partial charge in [-0.1, -0.05) is 90.9 Å². The SMILES string of the molecule is CCCCCCCCCCOC(CCCCCCC)C(C)OCCCOP(=O)(O)O. The van der Waals surface area contributed by atoms with Crippen LogP contribution in [0.1, 0.15) is 117 Å². The summed E-state index contributed by atoms with van der Waals surface area (Å²) in [5, 5.41) is 0. The molecule has 0 radical (unpaired) electrons. The van der Waals surface area contributed by atoms with E-state index in [9.17, 15) is 4.57 Å². The number of rotatable bonds is 23. The van der Waals surface area contributed by atoms with Crippen LogP contribution >= 0.6 is 7.82 Å². The van der Waals surface area contributed by atoms with Crippen LogP contribution in [0, 0.1) is 0 Å². The second-order valence-electron chi connectivity index (χ2n) is 8.34. The summed E-state index contributed by atoms with van der Waals surface area (Å²) in [6, 6.07) is 0. The maximum Gasteiger partial charge on any atom is 0.469 e. The topological polar surface area (TPSA) is 85.2 Å². The van der Waals surface area contributed by atoms with Crippen molar-refractivity contribution in [1.82, 2.24) is 0 Å². The number of unbranched alkanes of at least 4 members (excludes halogenated alkanes) is 11. The molecule has 30 heavy (non-hydrogen) atoms. The molecule has 0 aliphatic rings. The standard InChI is InChI=1S/C23H49O6P/c1-4-6-8-10-11-12-14-16-19-28-23(18-15-13-9-7-5-2)22(3)27-20-17-21-29-30(24,25)26/h22-23H,4-21H2,1-3H3,(H2,24,25,26). The molecule has 6 nitrogen and oxygen atoms in total. The van der Waals surface area contributed by atoms with Crippen LogP contribution in [0.15, 0.2) is 0 Å². The monoisotopic (exact) mass is 452 g/mol. The van der Waals surface area contributed by atoms with Crippen LogP contribution in [-0.2, 0) is 18.6 Å². The van der Waals surface area contributed by atoms with E-state index >= 15 is 0 Å². The van der Waals surface area contributed by atoms with Gasteiger partial charge in [-0.05, 0) is 26.2 Å². The van der Waals surface area contributed by atoms with E-state index in [0.717, 1.165) is 25.9 Å². The van der Waals surface area contributed by atoms with Crippen LogP contribution in [-0.4, -0.2) is 41.8 Å². The van der Waals surface area contributed by atoms with Crippen molar-refractivity contribution in [3.63, 3.8) is 0 Å². The third kappa shape index (κ3) is 21.3. The van der Waals surface area contributed by atoms with Crippen molar-refractivity contribution >= 4 is 7.82 Å². The predicted octanol–water partition coefficient (Wildman–Crippen LogP) is 6.78. The highest BCUT2D eigenvalue weighted by Crippen LogP contribution is 2.35. The summed E-state index contributed by atoms with van der Waals surface area (Å²) in [5.41, 5.74) is 0. The Bertz CT molecular complexity index is 401. The lowest BCUT2D eigenvalue weighted by atomic mass is 10.0. The largest absolute Gasteiger partial charge is 0.469 e. The zero-order valence-electron chi connectivity index (χ0n) is 19.9. The lowest BCUT2D eigenvalue weighted by molar-refractivity contribution is -0.0716. The van der Waals surface area contributed by atoms with E-state index in [2.05, 4.69) is 18.4 Å².